The lowest BCUT2D eigenvalue weighted by Gasteiger charge is -2.07. The summed E-state index contributed by atoms with van der Waals surface area (Å²) in [5.74, 6) is 0. The van der Waals surface area contributed by atoms with E-state index < -0.39 is 6.10 Å². The number of rotatable bonds is 2. The Morgan fingerprint density at radius 2 is 2.12 bits per heavy atom. The Bertz CT molecular complexity index is 602. The molecule has 0 aromatic carbocycles. The topological polar surface area (TPSA) is 50.4 Å². The van der Waals surface area contributed by atoms with Gasteiger partial charge >= 0.3 is 0 Å². The van der Waals surface area contributed by atoms with Crippen molar-refractivity contribution in [3.05, 3.63) is 53.7 Å². The minimum atomic E-state index is -0.688. The van der Waals surface area contributed by atoms with Gasteiger partial charge in [0.25, 0.3) is 0 Å². The van der Waals surface area contributed by atoms with Crippen LogP contribution >= 0.6 is 11.3 Å². The highest BCUT2D eigenvalue weighted by Gasteiger charge is 2.16. The monoisotopic (exact) mass is 231 g/mol. The maximum atomic E-state index is 10.2. The van der Waals surface area contributed by atoms with Gasteiger partial charge in [-0.3, -0.25) is 9.38 Å². The van der Waals surface area contributed by atoms with E-state index in [0.29, 0.717) is 5.69 Å². The van der Waals surface area contributed by atoms with Crippen LogP contribution < -0.4 is 0 Å². The first-order valence-electron chi connectivity index (χ1n) is 4.84. The van der Waals surface area contributed by atoms with Crippen LogP contribution in [0.4, 0.5) is 0 Å². The number of hydrogen-bond donors (Lipinski definition) is 1. The van der Waals surface area contributed by atoms with Gasteiger partial charge in [0.2, 0.25) is 0 Å². The van der Waals surface area contributed by atoms with Crippen molar-refractivity contribution in [1.82, 2.24) is 14.4 Å². The molecule has 4 nitrogen and oxygen atoms in total. The molecule has 16 heavy (non-hydrogen) atoms. The van der Waals surface area contributed by atoms with Crippen molar-refractivity contribution in [1.29, 1.82) is 0 Å². The van der Waals surface area contributed by atoms with Crippen molar-refractivity contribution in [3.8, 4) is 0 Å². The van der Waals surface area contributed by atoms with E-state index in [2.05, 4.69) is 9.97 Å². The highest BCUT2D eigenvalue weighted by molar-refractivity contribution is 7.15. The van der Waals surface area contributed by atoms with E-state index in [1.165, 1.54) is 0 Å². The number of thiazole rings is 1. The molecule has 0 aliphatic rings. The summed E-state index contributed by atoms with van der Waals surface area (Å²) in [4.78, 5) is 9.14. The Kier molecular flexibility index (Phi) is 2.19. The second-order valence-corrected chi connectivity index (χ2v) is 4.32. The van der Waals surface area contributed by atoms with Gasteiger partial charge in [0.05, 0.1) is 0 Å². The number of aliphatic hydroxyl groups excluding tert-OH is 1. The summed E-state index contributed by atoms with van der Waals surface area (Å²) in [5.41, 5.74) is 1.50. The van der Waals surface area contributed by atoms with Gasteiger partial charge in [-0.2, -0.15) is 0 Å². The minimum absolute atomic E-state index is 0.688. The molecule has 0 radical (unpaired) electrons. The molecule has 0 unspecified atom stereocenters. The van der Waals surface area contributed by atoms with Crippen molar-refractivity contribution in [2.24, 2.45) is 0 Å². The largest absolute Gasteiger partial charge is 0.382 e. The summed E-state index contributed by atoms with van der Waals surface area (Å²) in [7, 11) is 0. The molecule has 0 saturated carbocycles. The van der Waals surface area contributed by atoms with Crippen LogP contribution in [0.5, 0.6) is 0 Å². The molecular formula is C11H9N3OS. The Morgan fingerprint density at radius 1 is 1.31 bits per heavy atom. The van der Waals surface area contributed by atoms with Crippen LogP contribution in [0, 0.1) is 0 Å². The van der Waals surface area contributed by atoms with Crippen molar-refractivity contribution < 1.29 is 5.11 Å². The molecule has 1 N–H and O–H groups in total. The van der Waals surface area contributed by atoms with E-state index in [1.54, 1.807) is 42.2 Å². The summed E-state index contributed by atoms with van der Waals surface area (Å²) < 4.78 is 1.91. The molecule has 0 spiro atoms. The molecule has 0 saturated heterocycles. The molecule has 0 amide bonds. The van der Waals surface area contributed by atoms with Gasteiger partial charge in [-0.15, -0.1) is 11.3 Å². The fraction of sp³-hybridized carbons (Fsp3) is 0.0909. The number of imidazole rings is 1. The van der Waals surface area contributed by atoms with E-state index in [-0.39, 0.29) is 0 Å². The average molecular weight is 231 g/mol. The fourth-order valence-corrected chi connectivity index (χ4v) is 2.48. The maximum Gasteiger partial charge on any atom is 0.125 e. The predicted octanol–water partition coefficient (Wildman–Crippen LogP) is 1.87. The first kappa shape index (κ1) is 9.50. The maximum absolute atomic E-state index is 10.2. The van der Waals surface area contributed by atoms with Gasteiger partial charge in [-0.05, 0) is 17.7 Å². The molecule has 1 atom stereocenters. The summed E-state index contributed by atoms with van der Waals surface area (Å²) in [6.07, 6.45) is 6.29. The third-order valence-electron chi connectivity index (χ3n) is 2.46. The van der Waals surface area contributed by atoms with Gasteiger partial charge in [-0.25, -0.2) is 4.98 Å². The lowest BCUT2D eigenvalue weighted by molar-refractivity contribution is 0.217. The van der Waals surface area contributed by atoms with Gasteiger partial charge < -0.3 is 5.11 Å². The minimum Gasteiger partial charge on any atom is -0.382 e. The molecule has 3 rings (SSSR count). The third kappa shape index (κ3) is 1.41. The van der Waals surface area contributed by atoms with Crippen LogP contribution in [0.2, 0.25) is 0 Å². The van der Waals surface area contributed by atoms with Crippen LogP contribution in [0.3, 0.4) is 0 Å². The Hall–Kier alpha value is -1.72. The van der Waals surface area contributed by atoms with Crippen LogP contribution in [-0.2, 0) is 0 Å². The molecule has 0 fully saturated rings. The second kappa shape index (κ2) is 3.70. The third-order valence-corrected chi connectivity index (χ3v) is 3.36. The summed E-state index contributed by atoms with van der Waals surface area (Å²) in [5, 5.41) is 12.2. The zero-order chi connectivity index (χ0) is 11.0. The van der Waals surface area contributed by atoms with Crippen LogP contribution in [-0.4, -0.2) is 19.5 Å². The van der Waals surface area contributed by atoms with Crippen LogP contribution in [0.15, 0.2) is 42.4 Å². The number of aromatic nitrogens is 3. The number of aliphatic hydroxyl groups is 1. The predicted molar refractivity (Wildman–Crippen MR) is 61.4 cm³/mol. The molecule has 80 valence electrons. The molecule has 0 aliphatic heterocycles. The number of pyridine rings is 1. The van der Waals surface area contributed by atoms with E-state index in [1.807, 2.05) is 16.0 Å². The Balaban J connectivity index is 2.08. The number of nitrogens with zero attached hydrogens (tertiary/aromatic N) is 3. The quantitative estimate of drug-likeness (QED) is 0.732. The summed E-state index contributed by atoms with van der Waals surface area (Å²) >= 11 is 1.57. The van der Waals surface area contributed by atoms with Gasteiger partial charge in [0, 0.05) is 24.0 Å². The molecule has 3 heterocycles. The molecule has 3 aromatic heterocycles. The normalized spacial score (nSPS) is 13.1. The lowest BCUT2D eigenvalue weighted by Crippen LogP contribution is -2.00. The van der Waals surface area contributed by atoms with E-state index in [4.69, 9.17) is 0 Å². The zero-order valence-corrected chi connectivity index (χ0v) is 9.13. The number of fused-ring (bicyclic) bond motifs is 1. The summed E-state index contributed by atoms with van der Waals surface area (Å²) in [6, 6.07) is 3.59. The van der Waals surface area contributed by atoms with E-state index in [0.717, 1.165) is 10.4 Å². The van der Waals surface area contributed by atoms with Gasteiger partial charge in [-0.1, -0.05) is 0 Å². The fourth-order valence-electron chi connectivity index (χ4n) is 1.64. The smallest absolute Gasteiger partial charge is 0.125 e. The molecular weight excluding hydrogens is 222 g/mol. The Labute approximate surface area is 95.8 Å². The van der Waals surface area contributed by atoms with Crippen molar-refractivity contribution in [2.45, 2.75) is 6.10 Å². The van der Waals surface area contributed by atoms with E-state index >= 15 is 0 Å². The highest BCUT2D eigenvalue weighted by atomic mass is 32.1. The SMILES string of the molecule is O[C@@H](c1ccncc1)c1ncn2ccsc12. The van der Waals surface area contributed by atoms with E-state index in [9.17, 15) is 5.11 Å². The molecule has 0 bridgehead atoms. The Morgan fingerprint density at radius 3 is 2.94 bits per heavy atom. The van der Waals surface area contributed by atoms with Crippen molar-refractivity contribution >= 4 is 16.2 Å². The van der Waals surface area contributed by atoms with Crippen LogP contribution in [0.25, 0.3) is 4.83 Å². The van der Waals surface area contributed by atoms with Gasteiger partial charge in [0.15, 0.2) is 0 Å². The van der Waals surface area contributed by atoms with Gasteiger partial charge in [0.1, 0.15) is 23.0 Å². The van der Waals surface area contributed by atoms with Crippen molar-refractivity contribution in [2.75, 3.05) is 0 Å². The summed E-state index contributed by atoms with van der Waals surface area (Å²) in [6.45, 7) is 0. The van der Waals surface area contributed by atoms with Crippen LogP contribution in [0.1, 0.15) is 17.4 Å². The lowest BCUT2D eigenvalue weighted by atomic mass is 10.1. The average Bonchev–Trinajstić information content (AvgIpc) is 2.91. The second-order valence-electron chi connectivity index (χ2n) is 3.43. The molecule has 3 aromatic rings. The first-order valence-corrected chi connectivity index (χ1v) is 5.72. The van der Waals surface area contributed by atoms with Crippen molar-refractivity contribution in [3.63, 3.8) is 0 Å². The highest BCUT2D eigenvalue weighted by Crippen LogP contribution is 2.26. The standard InChI is InChI=1S/C11H9N3OS/c15-10(8-1-3-12-4-2-8)9-11-14(7-13-9)5-6-16-11/h1-7,10,15H/t10-/m0/s1. The number of hydrogen-bond acceptors (Lipinski definition) is 4. The molecule has 0 aliphatic carbocycles. The zero-order valence-electron chi connectivity index (χ0n) is 8.32. The first-order chi connectivity index (χ1) is 7.86. The molecule has 5 heteroatoms.